The fraction of sp³-hybridized carbons (Fsp3) is 0.294. The second kappa shape index (κ2) is 6.52. The van der Waals surface area contributed by atoms with Crippen molar-refractivity contribution in [3.05, 3.63) is 57.8 Å². The minimum atomic E-state index is -1.01. The van der Waals surface area contributed by atoms with Crippen LogP contribution in [0.25, 0.3) is 0 Å². The summed E-state index contributed by atoms with van der Waals surface area (Å²) in [7, 11) is 0. The second-order valence-electron chi connectivity index (χ2n) is 5.53. The normalized spacial score (nSPS) is 21.2. The number of carbonyl (C=O) groups is 2. The fourth-order valence-corrected chi connectivity index (χ4v) is 3.51. The number of hydrogen-bond donors (Lipinski definition) is 1. The summed E-state index contributed by atoms with van der Waals surface area (Å²) in [5, 5.41) is 8.99. The molecule has 0 saturated carbocycles. The summed E-state index contributed by atoms with van der Waals surface area (Å²) >= 11 is 1.01. The molecule has 0 aliphatic carbocycles. The van der Waals surface area contributed by atoms with Crippen molar-refractivity contribution in [3.63, 3.8) is 0 Å². The first-order valence-electron chi connectivity index (χ1n) is 7.37. The van der Waals surface area contributed by atoms with E-state index in [1.165, 1.54) is 6.07 Å². The van der Waals surface area contributed by atoms with Gasteiger partial charge in [-0.1, -0.05) is 30.3 Å². The Morgan fingerprint density at radius 3 is 2.48 bits per heavy atom. The highest BCUT2D eigenvalue weighted by molar-refractivity contribution is 7.15. The monoisotopic (exact) mass is 331 g/mol. The molecule has 23 heavy (non-hydrogen) atoms. The van der Waals surface area contributed by atoms with Gasteiger partial charge in [-0.15, -0.1) is 11.3 Å². The number of carboxylic acids is 1. The van der Waals surface area contributed by atoms with Gasteiger partial charge in [-0.3, -0.25) is 4.79 Å². The molecule has 1 aliphatic rings. The molecule has 1 aromatic heterocycles. The standard InChI is InChI=1S/C17H17NO4S/c1-11-9-18(10-13(22-11)12-5-3-2-4-6-12)16(19)14-7-8-15(23-14)17(20)21/h2-8,11,13H,9-10H2,1H3,(H,20,21)/t11-,13+/m1/s1. The number of amides is 1. The van der Waals surface area contributed by atoms with E-state index >= 15 is 0 Å². The van der Waals surface area contributed by atoms with Gasteiger partial charge in [-0.05, 0) is 24.6 Å². The minimum Gasteiger partial charge on any atom is -0.477 e. The molecule has 6 heteroatoms. The molecule has 3 rings (SSSR count). The van der Waals surface area contributed by atoms with Crippen molar-refractivity contribution in [1.29, 1.82) is 0 Å². The molecule has 1 fully saturated rings. The van der Waals surface area contributed by atoms with E-state index in [4.69, 9.17) is 9.84 Å². The maximum Gasteiger partial charge on any atom is 0.345 e. The number of thiophene rings is 1. The van der Waals surface area contributed by atoms with Gasteiger partial charge in [-0.2, -0.15) is 0 Å². The zero-order valence-corrected chi connectivity index (χ0v) is 13.5. The van der Waals surface area contributed by atoms with Crippen molar-refractivity contribution in [2.45, 2.75) is 19.1 Å². The lowest BCUT2D eigenvalue weighted by atomic mass is 10.1. The van der Waals surface area contributed by atoms with E-state index in [0.29, 0.717) is 18.0 Å². The number of carboxylic acid groups (broad SMARTS) is 1. The number of morpholine rings is 1. The molecule has 2 heterocycles. The van der Waals surface area contributed by atoms with Crippen LogP contribution in [0, 0.1) is 0 Å². The molecule has 2 atom stereocenters. The van der Waals surface area contributed by atoms with E-state index in [9.17, 15) is 9.59 Å². The van der Waals surface area contributed by atoms with E-state index in [2.05, 4.69) is 0 Å². The van der Waals surface area contributed by atoms with Gasteiger partial charge in [0.2, 0.25) is 0 Å². The number of ether oxygens (including phenoxy) is 1. The summed E-state index contributed by atoms with van der Waals surface area (Å²) in [5.41, 5.74) is 1.04. The number of carbonyl (C=O) groups excluding carboxylic acids is 1. The van der Waals surface area contributed by atoms with Crippen LogP contribution < -0.4 is 0 Å². The van der Waals surface area contributed by atoms with Gasteiger partial charge in [-0.25, -0.2) is 4.79 Å². The first-order valence-corrected chi connectivity index (χ1v) is 8.19. The topological polar surface area (TPSA) is 66.8 Å². The van der Waals surface area contributed by atoms with Gasteiger partial charge in [0.15, 0.2) is 0 Å². The molecule has 0 radical (unpaired) electrons. The lowest BCUT2D eigenvalue weighted by Gasteiger charge is -2.36. The highest BCUT2D eigenvalue weighted by Gasteiger charge is 2.30. The predicted octanol–water partition coefficient (Wildman–Crippen LogP) is 3.05. The van der Waals surface area contributed by atoms with Crippen LogP contribution in [0.3, 0.4) is 0 Å². The Morgan fingerprint density at radius 2 is 1.83 bits per heavy atom. The van der Waals surface area contributed by atoms with E-state index in [1.54, 1.807) is 11.0 Å². The van der Waals surface area contributed by atoms with Gasteiger partial charge >= 0.3 is 5.97 Å². The Labute approximate surface area is 138 Å². The summed E-state index contributed by atoms with van der Waals surface area (Å²) in [6.45, 7) is 2.91. The highest BCUT2D eigenvalue weighted by Crippen LogP contribution is 2.27. The highest BCUT2D eigenvalue weighted by atomic mass is 32.1. The molecule has 1 aromatic carbocycles. The van der Waals surface area contributed by atoms with Crippen LogP contribution in [-0.4, -0.2) is 41.1 Å². The summed E-state index contributed by atoms with van der Waals surface area (Å²) in [4.78, 5) is 26.0. The molecular weight excluding hydrogens is 314 g/mol. The molecule has 1 aliphatic heterocycles. The molecule has 0 unspecified atom stereocenters. The summed E-state index contributed by atoms with van der Waals surface area (Å²) in [6, 6.07) is 12.9. The van der Waals surface area contributed by atoms with Crippen LogP contribution >= 0.6 is 11.3 Å². The number of rotatable bonds is 3. The van der Waals surface area contributed by atoms with E-state index in [1.807, 2.05) is 37.3 Å². The molecule has 120 valence electrons. The fourth-order valence-electron chi connectivity index (χ4n) is 2.69. The van der Waals surface area contributed by atoms with Gasteiger partial charge < -0.3 is 14.7 Å². The van der Waals surface area contributed by atoms with Crippen molar-refractivity contribution in [3.8, 4) is 0 Å². The minimum absolute atomic E-state index is 0.0724. The Morgan fingerprint density at radius 1 is 1.13 bits per heavy atom. The maximum absolute atomic E-state index is 12.6. The van der Waals surface area contributed by atoms with Gasteiger partial charge in [0.05, 0.1) is 17.5 Å². The molecule has 1 saturated heterocycles. The summed E-state index contributed by atoms with van der Waals surface area (Å²) in [6.07, 6.45) is -0.236. The molecule has 5 nitrogen and oxygen atoms in total. The SMILES string of the molecule is C[C@@H]1CN(C(=O)c2ccc(C(=O)O)s2)C[C@@H](c2ccccc2)O1. The van der Waals surface area contributed by atoms with Gasteiger partial charge in [0, 0.05) is 6.54 Å². The van der Waals surface area contributed by atoms with E-state index in [-0.39, 0.29) is 23.0 Å². The Kier molecular flexibility index (Phi) is 4.45. The quantitative estimate of drug-likeness (QED) is 0.939. The average molecular weight is 331 g/mol. The molecule has 0 bridgehead atoms. The molecule has 1 amide bonds. The molecule has 1 N–H and O–H groups in total. The van der Waals surface area contributed by atoms with Crippen LogP contribution in [0.15, 0.2) is 42.5 Å². The van der Waals surface area contributed by atoms with Crippen LogP contribution in [0.2, 0.25) is 0 Å². The van der Waals surface area contributed by atoms with E-state index in [0.717, 1.165) is 16.9 Å². The van der Waals surface area contributed by atoms with Crippen molar-refractivity contribution >= 4 is 23.2 Å². The van der Waals surface area contributed by atoms with Crippen LogP contribution in [0.5, 0.6) is 0 Å². The zero-order chi connectivity index (χ0) is 16.4. The first kappa shape index (κ1) is 15.7. The average Bonchev–Trinajstić information content (AvgIpc) is 3.04. The number of nitrogens with zero attached hydrogens (tertiary/aromatic N) is 1. The number of hydrogen-bond acceptors (Lipinski definition) is 4. The van der Waals surface area contributed by atoms with E-state index < -0.39 is 5.97 Å². The Bertz CT molecular complexity index is 712. The largest absolute Gasteiger partial charge is 0.477 e. The summed E-state index contributed by atoms with van der Waals surface area (Å²) in [5.74, 6) is -1.15. The summed E-state index contributed by atoms with van der Waals surface area (Å²) < 4.78 is 5.95. The first-order chi connectivity index (χ1) is 11.0. The second-order valence-corrected chi connectivity index (χ2v) is 6.61. The molecule has 2 aromatic rings. The molecule has 0 spiro atoms. The smallest absolute Gasteiger partial charge is 0.345 e. The van der Waals surface area contributed by atoms with Crippen LogP contribution in [-0.2, 0) is 4.74 Å². The lowest BCUT2D eigenvalue weighted by Crippen LogP contribution is -2.45. The third-order valence-electron chi connectivity index (χ3n) is 3.75. The number of aromatic carboxylic acids is 1. The Hall–Kier alpha value is -2.18. The molecular formula is C17H17NO4S. The van der Waals surface area contributed by atoms with Crippen molar-refractivity contribution in [2.24, 2.45) is 0 Å². The van der Waals surface area contributed by atoms with Gasteiger partial charge in [0.25, 0.3) is 5.91 Å². The van der Waals surface area contributed by atoms with Crippen molar-refractivity contribution in [1.82, 2.24) is 4.90 Å². The number of benzene rings is 1. The van der Waals surface area contributed by atoms with Crippen molar-refractivity contribution < 1.29 is 19.4 Å². The zero-order valence-electron chi connectivity index (χ0n) is 12.6. The third-order valence-corrected chi connectivity index (χ3v) is 4.81. The Balaban J connectivity index is 1.78. The predicted molar refractivity (Wildman–Crippen MR) is 86.9 cm³/mol. The van der Waals surface area contributed by atoms with Crippen molar-refractivity contribution in [2.75, 3.05) is 13.1 Å². The van der Waals surface area contributed by atoms with Crippen LogP contribution in [0.4, 0.5) is 0 Å². The van der Waals surface area contributed by atoms with Crippen LogP contribution in [0.1, 0.15) is 37.9 Å². The maximum atomic E-state index is 12.6. The third kappa shape index (κ3) is 3.43. The van der Waals surface area contributed by atoms with Gasteiger partial charge in [0.1, 0.15) is 11.0 Å². The lowest BCUT2D eigenvalue weighted by molar-refractivity contribution is -0.0690.